The third kappa shape index (κ3) is 1.41. The summed E-state index contributed by atoms with van der Waals surface area (Å²) in [5.41, 5.74) is -1.36. The smallest absolute Gasteiger partial charge is 0.235 e. The number of phenols is 1. The van der Waals surface area contributed by atoms with Gasteiger partial charge in [0.1, 0.15) is 11.4 Å². The summed E-state index contributed by atoms with van der Waals surface area (Å²) in [6, 6.07) is 1.76. The molecule has 0 bridgehead atoms. The van der Waals surface area contributed by atoms with E-state index in [2.05, 4.69) is 4.99 Å². The molecule has 0 amide bonds. The lowest BCUT2D eigenvalue weighted by atomic mass is 9.72. The Balaban J connectivity index is 2.62. The van der Waals surface area contributed by atoms with Crippen molar-refractivity contribution in [2.45, 2.75) is 24.8 Å². The quantitative estimate of drug-likeness (QED) is 0.620. The number of aliphatic imine (C=N–C) groups is 1. The lowest BCUT2D eigenvalue weighted by Gasteiger charge is -2.37. The largest absolute Gasteiger partial charge is 0.504 e. The van der Waals surface area contributed by atoms with Crippen LogP contribution in [-0.4, -0.2) is 11.2 Å². The van der Waals surface area contributed by atoms with Crippen molar-refractivity contribution in [1.82, 2.24) is 0 Å². The van der Waals surface area contributed by atoms with Crippen LogP contribution >= 0.6 is 0 Å². The fraction of sp³-hybridized carbons (Fsp3) is 0.364. The Bertz CT molecular complexity index is 477. The summed E-state index contributed by atoms with van der Waals surface area (Å²) >= 11 is 0. The van der Waals surface area contributed by atoms with E-state index >= 15 is 0 Å². The van der Waals surface area contributed by atoms with Crippen LogP contribution in [0.2, 0.25) is 0 Å². The van der Waals surface area contributed by atoms with E-state index in [1.54, 1.807) is 0 Å². The van der Waals surface area contributed by atoms with Crippen LogP contribution < -0.4 is 0 Å². The van der Waals surface area contributed by atoms with Gasteiger partial charge in [-0.2, -0.15) is 4.99 Å². The van der Waals surface area contributed by atoms with E-state index in [0.29, 0.717) is 12.8 Å². The Morgan fingerprint density at radius 1 is 1.31 bits per heavy atom. The van der Waals surface area contributed by atoms with Crippen molar-refractivity contribution < 1.29 is 18.7 Å². The summed E-state index contributed by atoms with van der Waals surface area (Å²) in [6.07, 6.45) is 2.93. The molecule has 1 fully saturated rings. The molecule has 1 aliphatic carbocycles. The lowest BCUT2D eigenvalue weighted by molar-refractivity contribution is 0.236. The average Bonchev–Trinajstić information content (AvgIpc) is 2.20. The number of phenolic OH excluding ortho intramolecular Hbond substituents is 1. The van der Waals surface area contributed by atoms with E-state index in [9.17, 15) is 18.7 Å². The number of halogens is 2. The highest BCUT2D eigenvalue weighted by molar-refractivity contribution is 5.46. The van der Waals surface area contributed by atoms with Gasteiger partial charge in [0.05, 0.1) is 5.56 Å². The van der Waals surface area contributed by atoms with Crippen molar-refractivity contribution in [2.75, 3.05) is 0 Å². The first-order valence-corrected chi connectivity index (χ1v) is 4.87. The number of hydrogen-bond donors (Lipinski definition) is 1. The fourth-order valence-corrected chi connectivity index (χ4v) is 2.00. The molecule has 0 heterocycles. The van der Waals surface area contributed by atoms with Gasteiger partial charge in [-0.15, -0.1) is 0 Å². The van der Waals surface area contributed by atoms with Gasteiger partial charge in [0.2, 0.25) is 6.08 Å². The molecule has 0 atom stereocenters. The Morgan fingerprint density at radius 3 is 2.44 bits per heavy atom. The van der Waals surface area contributed by atoms with Crippen molar-refractivity contribution in [3.8, 4) is 5.75 Å². The van der Waals surface area contributed by atoms with Crippen LogP contribution in [0.4, 0.5) is 8.78 Å². The minimum atomic E-state index is -1.13. The minimum Gasteiger partial charge on any atom is -0.504 e. The maximum Gasteiger partial charge on any atom is 0.235 e. The van der Waals surface area contributed by atoms with Gasteiger partial charge in [-0.05, 0) is 31.4 Å². The predicted molar refractivity (Wildman–Crippen MR) is 51.7 cm³/mol. The molecule has 0 unspecified atom stereocenters. The number of carbonyl (C=O) groups excluding carboxylic acids is 1. The van der Waals surface area contributed by atoms with E-state index in [-0.39, 0.29) is 5.56 Å². The summed E-state index contributed by atoms with van der Waals surface area (Å²) in [7, 11) is 0. The maximum absolute atomic E-state index is 13.6. The topological polar surface area (TPSA) is 49.7 Å². The van der Waals surface area contributed by atoms with Crippen molar-refractivity contribution in [3.05, 3.63) is 29.3 Å². The highest BCUT2D eigenvalue weighted by atomic mass is 19.1. The van der Waals surface area contributed by atoms with E-state index in [0.717, 1.165) is 18.6 Å². The van der Waals surface area contributed by atoms with Gasteiger partial charge in [-0.3, -0.25) is 0 Å². The second-order valence-corrected chi connectivity index (χ2v) is 3.84. The first kappa shape index (κ1) is 10.8. The van der Waals surface area contributed by atoms with E-state index in [4.69, 9.17) is 0 Å². The highest BCUT2D eigenvalue weighted by Gasteiger charge is 2.43. The number of nitrogens with zero attached hydrogens (tertiary/aromatic N) is 1. The summed E-state index contributed by atoms with van der Waals surface area (Å²) in [6.45, 7) is 0. The number of rotatable bonds is 2. The Hall–Kier alpha value is -1.74. The molecule has 16 heavy (non-hydrogen) atoms. The van der Waals surface area contributed by atoms with Gasteiger partial charge >= 0.3 is 0 Å². The van der Waals surface area contributed by atoms with Gasteiger partial charge in [0, 0.05) is 0 Å². The minimum absolute atomic E-state index is 0.234. The number of hydrogen-bond acceptors (Lipinski definition) is 3. The second kappa shape index (κ2) is 3.68. The normalized spacial score (nSPS) is 17.4. The van der Waals surface area contributed by atoms with E-state index in [1.807, 2.05) is 0 Å². The zero-order valence-electron chi connectivity index (χ0n) is 8.33. The third-order valence-electron chi connectivity index (χ3n) is 2.98. The van der Waals surface area contributed by atoms with E-state index in [1.165, 1.54) is 6.08 Å². The molecule has 0 radical (unpaired) electrons. The monoisotopic (exact) mass is 225 g/mol. The Morgan fingerprint density at radius 2 is 1.94 bits per heavy atom. The molecule has 84 valence electrons. The molecule has 0 aromatic heterocycles. The number of isocyanates is 1. The van der Waals surface area contributed by atoms with E-state index < -0.39 is 22.9 Å². The standard InChI is InChI=1S/C11H9F2NO2/c12-7-2-3-8(13)10(16)9(7)11(14-6-15)4-1-5-11/h2-3,16H,1,4-5H2. The van der Waals surface area contributed by atoms with Crippen LogP contribution in [0, 0.1) is 11.6 Å². The third-order valence-corrected chi connectivity index (χ3v) is 2.98. The van der Waals surface area contributed by atoms with Gasteiger partial charge in [-0.1, -0.05) is 0 Å². The van der Waals surface area contributed by atoms with Crippen LogP contribution in [0.1, 0.15) is 24.8 Å². The van der Waals surface area contributed by atoms with Gasteiger partial charge in [-0.25, -0.2) is 13.6 Å². The predicted octanol–water partition coefficient (Wildman–Crippen LogP) is 2.39. The molecule has 0 saturated heterocycles. The van der Waals surface area contributed by atoms with Crippen molar-refractivity contribution in [1.29, 1.82) is 0 Å². The molecule has 0 aliphatic heterocycles. The SMILES string of the molecule is O=C=NC1(c2c(F)ccc(F)c2O)CCC1. The number of aromatic hydroxyl groups is 1. The van der Waals surface area contributed by atoms with Crippen molar-refractivity contribution >= 4 is 6.08 Å². The molecule has 3 nitrogen and oxygen atoms in total. The summed E-state index contributed by atoms with van der Waals surface area (Å²) in [5, 5.41) is 9.50. The first-order valence-electron chi connectivity index (χ1n) is 4.87. The zero-order valence-corrected chi connectivity index (χ0v) is 8.33. The van der Waals surface area contributed by atoms with Crippen LogP contribution in [0.15, 0.2) is 17.1 Å². The molecule has 5 heteroatoms. The van der Waals surface area contributed by atoms with Crippen LogP contribution in [0.25, 0.3) is 0 Å². The summed E-state index contributed by atoms with van der Waals surface area (Å²) in [4.78, 5) is 13.8. The molecular formula is C11H9F2NO2. The maximum atomic E-state index is 13.6. The molecule has 1 aromatic carbocycles. The molecular weight excluding hydrogens is 216 g/mol. The molecule has 0 spiro atoms. The van der Waals surface area contributed by atoms with Crippen molar-refractivity contribution in [3.63, 3.8) is 0 Å². The molecule has 1 saturated carbocycles. The van der Waals surface area contributed by atoms with Gasteiger partial charge in [0.15, 0.2) is 11.6 Å². The lowest BCUT2D eigenvalue weighted by Crippen LogP contribution is -2.33. The van der Waals surface area contributed by atoms with Crippen LogP contribution in [0.3, 0.4) is 0 Å². The Kier molecular flexibility index (Phi) is 2.48. The highest BCUT2D eigenvalue weighted by Crippen LogP contribution is 2.49. The number of benzene rings is 1. The zero-order chi connectivity index (χ0) is 11.8. The Labute approximate surface area is 90.4 Å². The van der Waals surface area contributed by atoms with Gasteiger partial charge < -0.3 is 5.11 Å². The summed E-state index contributed by atoms with van der Waals surface area (Å²) in [5.74, 6) is -2.43. The second-order valence-electron chi connectivity index (χ2n) is 3.84. The molecule has 1 aliphatic rings. The fourth-order valence-electron chi connectivity index (χ4n) is 2.00. The molecule has 1 aromatic rings. The average molecular weight is 225 g/mol. The van der Waals surface area contributed by atoms with Gasteiger partial charge in [0.25, 0.3) is 0 Å². The van der Waals surface area contributed by atoms with Crippen LogP contribution in [0.5, 0.6) is 5.75 Å². The molecule has 1 N–H and O–H groups in total. The molecule has 2 rings (SSSR count). The van der Waals surface area contributed by atoms with Crippen LogP contribution in [-0.2, 0) is 10.3 Å². The van der Waals surface area contributed by atoms with Crippen molar-refractivity contribution in [2.24, 2.45) is 4.99 Å². The summed E-state index contributed by atoms with van der Waals surface area (Å²) < 4.78 is 26.7. The first-order chi connectivity index (χ1) is 7.60.